The van der Waals surface area contributed by atoms with Crippen LogP contribution in [-0.4, -0.2) is 36.6 Å². The normalized spacial score (nSPS) is 12.5. The van der Waals surface area contributed by atoms with Gasteiger partial charge in [0.1, 0.15) is 18.5 Å². The van der Waals surface area contributed by atoms with E-state index < -0.39 is 6.10 Å². The Balaban J connectivity index is 2.75. The fourth-order valence-electron chi connectivity index (χ4n) is 1.48. The second-order valence-electron chi connectivity index (χ2n) is 3.74. The summed E-state index contributed by atoms with van der Waals surface area (Å²) in [5, 5.41) is 21.0. The van der Waals surface area contributed by atoms with E-state index in [1.807, 2.05) is 32.2 Å². The zero-order valence-electron chi connectivity index (χ0n) is 9.73. The first kappa shape index (κ1) is 13.0. The molecule has 0 saturated heterocycles. The Bertz CT molecular complexity index is 328. The van der Waals surface area contributed by atoms with E-state index in [4.69, 9.17) is 9.84 Å². The fourth-order valence-corrected chi connectivity index (χ4v) is 1.48. The summed E-state index contributed by atoms with van der Waals surface area (Å²) < 4.78 is 5.52. The molecule has 0 radical (unpaired) electrons. The molecule has 0 saturated carbocycles. The number of aliphatic hydroxyl groups excluding tert-OH is 2. The van der Waals surface area contributed by atoms with Crippen molar-refractivity contribution >= 4 is 0 Å². The highest BCUT2D eigenvalue weighted by Crippen LogP contribution is 2.23. The Kier molecular flexibility index (Phi) is 5.25. The van der Waals surface area contributed by atoms with Crippen LogP contribution in [0.25, 0.3) is 0 Å². The monoisotopic (exact) mass is 225 g/mol. The number of aliphatic hydroxyl groups is 2. The van der Waals surface area contributed by atoms with Crippen molar-refractivity contribution in [3.05, 3.63) is 29.3 Å². The molecule has 4 heteroatoms. The molecule has 0 bridgehead atoms. The van der Waals surface area contributed by atoms with E-state index in [1.54, 1.807) is 0 Å². The summed E-state index contributed by atoms with van der Waals surface area (Å²) in [6.45, 7) is 2.50. The van der Waals surface area contributed by atoms with Crippen LogP contribution in [-0.2, 0) is 6.54 Å². The molecular formula is C12H19NO3. The predicted octanol–water partition coefficient (Wildman–Crippen LogP) is 0.446. The van der Waals surface area contributed by atoms with Crippen molar-refractivity contribution in [3.63, 3.8) is 0 Å². The molecule has 0 heterocycles. The van der Waals surface area contributed by atoms with E-state index in [1.165, 1.54) is 0 Å². The maximum atomic E-state index is 9.24. The highest BCUT2D eigenvalue weighted by molar-refractivity contribution is 5.40. The highest BCUT2D eigenvalue weighted by Gasteiger charge is 2.09. The van der Waals surface area contributed by atoms with Crippen LogP contribution < -0.4 is 10.1 Å². The Labute approximate surface area is 95.9 Å². The smallest absolute Gasteiger partial charge is 0.126 e. The molecule has 0 fully saturated rings. The Hall–Kier alpha value is -1.10. The Morgan fingerprint density at radius 1 is 1.44 bits per heavy atom. The van der Waals surface area contributed by atoms with Gasteiger partial charge in [0, 0.05) is 12.1 Å². The van der Waals surface area contributed by atoms with Gasteiger partial charge in [-0.05, 0) is 19.5 Å². The van der Waals surface area contributed by atoms with Gasteiger partial charge >= 0.3 is 0 Å². The van der Waals surface area contributed by atoms with Crippen LogP contribution >= 0.6 is 0 Å². The SMILES string of the molecule is CNCc1cccc(C)c1OCC(O)CO. The van der Waals surface area contributed by atoms with E-state index in [-0.39, 0.29) is 13.2 Å². The van der Waals surface area contributed by atoms with Gasteiger partial charge in [-0.15, -0.1) is 0 Å². The number of hydrogen-bond acceptors (Lipinski definition) is 4. The molecule has 1 rings (SSSR count). The second kappa shape index (κ2) is 6.48. The molecule has 4 nitrogen and oxygen atoms in total. The number of para-hydroxylation sites is 1. The van der Waals surface area contributed by atoms with Gasteiger partial charge in [0.15, 0.2) is 0 Å². The lowest BCUT2D eigenvalue weighted by atomic mass is 10.1. The molecule has 0 amide bonds. The molecule has 0 aliphatic heterocycles. The lowest BCUT2D eigenvalue weighted by Gasteiger charge is -2.15. The lowest BCUT2D eigenvalue weighted by Crippen LogP contribution is -2.22. The number of aryl methyl sites for hydroxylation is 1. The fraction of sp³-hybridized carbons (Fsp3) is 0.500. The lowest BCUT2D eigenvalue weighted by molar-refractivity contribution is 0.0530. The van der Waals surface area contributed by atoms with Crippen LogP contribution in [0.2, 0.25) is 0 Å². The Morgan fingerprint density at radius 3 is 2.81 bits per heavy atom. The first-order chi connectivity index (χ1) is 7.69. The minimum atomic E-state index is -0.831. The summed E-state index contributed by atoms with van der Waals surface area (Å²) in [4.78, 5) is 0. The van der Waals surface area contributed by atoms with Gasteiger partial charge in [0.2, 0.25) is 0 Å². The van der Waals surface area contributed by atoms with Crippen molar-refractivity contribution in [2.45, 2.75) is 19.6 Å². The maximum Gasteiger partial charge on any atom is 0.126 e. The first-order valence-corrected chi connectivity index (χ1v) is 5.33. The van der Waals surface area contributed by atoms with Crippen LogP contribution in [0.15, 0.2) is 18.2 Å². The van der Waals surface area contributed by atoms with Crippen LogP contribution in [0.3, 0.4) is 0 Å². The largest absolute Gasteiger partial charge is 0.490 e. The van der Waals surface area contributed by atoms with Crippen molar-refractivity contribution in [3.8, 4) is 5.75 Å². The highest BCUT2D eigenvalue weighted by atomic mass is 16.5. The van der Waals surface area contributed by atoms with Gasteiger partial charge in [-0.2, -0.15) is 0 Å². The number of hydrogen-bond donors (Lipinski definition) is 3. The zero-order valence-corrected chi connectivity index (χ0v) is 9.73. The van der Waals surface area contributed by atoms with E-state index in [0.29, 0.717) is 6.54 Å². The molecule has 0 aliphatic rings. The third-order valence-corrected chi connectivity index (χ3v) is 2.29. The van der Waals surface area contributed by atoms with Gasteiger partial charge in [-0.3, -0.25) is 0 Å². The van der Waals surface area contributed by atoms with Crippen molar-refractivity contribution < 1.29 is 14.9 Å². The molecule has 16 heavy (non-hydrogen) atoms. The van der Waals surface area contributed by atoms with Crippen LogP contribution in [0.4, 0.5) is 0 Å². The summed E-state index contributed by atoms with van der Waals surface area (Å²) in [5.74, 6) is 0.782. The standard InChI is InChI=1S/C12H19NO3/c1-9-4-3-5-10(6-13-2)12(9)16-8-11(15)7-14/h3-5,11,13-15H,6-8H2,1-2H3. The van der Waals surface area contributed by atoms with Crippen molar-refractivity contribution in [2.75, 3.05) is 20.3 Å². The van der Waals surface area contributed by atoms with Crippen LogP contribution in [0.1, 0.15) is 11.1 Å². The summed E-state index contributed by atoms with van der Waals surface area (Å²) >= 11 is 0. The molecule has 3 N–H and O–H groups in total. The van der Waals surface area contributed by atoms with Crippen molar-refractivity contribution in [1.29, 1.82) is 0 Å². The minimum absolute atomic E-state index is 0.109. The minimum Gasteiger partial charge on any atom is -0.490 e. The summed E-state index contributed by atoms with van der Waals surface area (Å²) in [5.41, 5.74) is 2.07. The number of benzene rings is 1. The number of rotatable bonds is 6. The average Bonchev–Trinajstić information content (AvgIpc) is 2.28. The molecule has 1 aromatic rings. The molecule has 1 unspecified atom stereocenters. The van der Waals surface area contributed by atoms with E-state index in [9.17, 15) is 5.11 Å². The molecular weight excluding hydrogens is 206 g/mol. The Morgan fingerprint density at radius 2 is 2.19 bits per heavy atom. The summed E-state index contributed by atoms with van der Waals surface area (Å²) in [7, 11) is 1.87. The number of nitrogens with one attached hydrogen (secondary N) is 1. The second-order valence-corrected chi connectivity index (χ2v) is 3.74. The molecule has 0 aliphatic carbocycles. The van der Waals surface area contributed by atoms with Crippen LogP contribution in [0.5, 0.6) is 5.75 Å². The average molecular weight is 225 g/mol. The molecule has 0 aromatic heterocycles. The summed E-state index contributed by atoms with van der Waals surface area (Å²) in [6, 6.07) is 5.90. The summed E-state index contributed by atoms with van der Waals surface area (Å²) in [6.07, 6.45) is -0.831. The third-order valence-electron chi connectivity index (χ3n) is 2.29. The quantitative estimate of drug-likeness (QED) is 0.657. The van der Waals surface area contributed by atoms with Gasteiger partial charge in [-0.1, -0.05) is 18.2 Å². The first-order valence-electron chi connectivity index (χ1n) is 5.33. The van der Waals surface area contributed by atoms with E-state index in [0.717, 1.165) is 16.9 Å². The van der Waals surface area contributed by atoms with Crippen molar-refractivity contribution in [2.24, 2.45) is 0 Å². The predicted molar refractivity (Wildman–Crippen MR) is 62.5 cm³/mol. The molecule has 90 valence electrons. The molecule has 1 atom stereocenters. The third kappa shape index (κ3) is 3.48. The van der Waals surface area contributed by atoms with E-state index in [2.05, 4.69) is 5.32 Å². The van der Waals surface area contributed by atoms with Gasteiger partial charge < -0.3 is 20.3 Å². The number of ether oxygens (including phenoxy) is 1. The van der Waals surface area contributed by atoms with E-state index >= 15 is 0 Å². The van der Waals surface area contributed by atoms with Gasteiger partial charge in [0.25, 0.3) is 0 Å². The molecule has 1 aromatic carbocycles. The van der Waals surface area contributed by atoms with Gasteiger partial charge in [-0.25, -0.2) is 0 Å². The maximum absolute atomic E-state index is 9.24. The topological polar surface area (TPSA) is 61.7 Å². The van der Waals surface area contributed by atoms with Gasteiger partial charge in [0.05, 0.1) is 6.61 Å². The van der Waals surface area contributed by atoms with Crippen molar-refractivity contribution in [1.82, 2.24) is 5.32 Å². The zero-order chi connectivity index (χ0) is 12.0. The molecule has 0 spiro atoms. The van der Waals surface area contributed by atoms with Crippen LogP contribution in [0, 0.1) is 6.92 Å².